The van der Waals surface area contributed by atoms with E-state index in [0.29, 0.717) is 5.92 Å². The quantitative estimate of drug-likeness (QED) is 0.469. The van der Waals surface area contributed by atoms with Crippen molar-refractivity contribution >= 4 is 17.3 Å². The fourth-order valence-corrected chi connectivity index (χ4v) is 1.62. The van der Waals surface area contributed by atoms with Crippen LogP contribution in [-0.2, 0) is 0 Å². The SMILES string of the molecule is CC1CC1NC(=O)c1ccc(N)c([N+](=O)[O-])c1. The maximum absolute atomic E-state index is 11.8. The minimum atomic E-state index is -0.591. The van der Waals surface area contributed by atoms with Crippen LogP contribution in [0.3, 0.4) is 0 Å². The molecule has 1 amide bonds. The Kier molecular flexibility index (Phi) is 2.71. The van der Waals surface area contributed by atoms with Crippen LogP contribution in [0.25, 0.3) is 0 Å². The molecule has 1 aromatic carbocycles. The molecule has 2 atom stereocenters. The third-order valence-corrected chi connectivity index (χ3v) is 2.92. The topological polar surface area (TPSA) is 98.3 Å². The number of amides is 1. The van der Waals surface area contributed by atoms with Gasteiger partial charge < -0.3 is 11.1 Å². The van der Waals surface area contributed by atoms with E-state index in [1.807, 2.05) is 6.92 Å². The minimum absolute atomic E-state index is 0.0614. The fourth-order valence-electron chi connectivity index (χ4n) is 1.62. The highest BCUT2D eigenvalue weighted by atomic mass is 16.6. The Hall–Kier alpha value is -2.11. The van der Waals surface area contributed by atoms with Gasteiger partial charge in [0, 0.05) is 17.7 Å². The lowest BCUT2D eigenvalue weighted by molar-refractivity contribution is -0.383. The molecule has 2 unspecified atom stereocenters. The van der Waals surface area contributed by atoms with E-state index in [0.717, 1.165) is 6.42 Å². The summed E-state index contributed by atoms with van der Waals surface area (Å²) in [5.74, 6) is 0.199. The van der Waals surface area contributed by atoms with Crippen LogP contribution < -0.4 is 11.1 Å². The number of nitro groups is 1. The predicted octanol–water partition coefficient (Wildman–Crippen LogP) is 1.32. The van der Waals surface area contributed by atoms with Gasteiger partial charge in [-0.25, -0.2) is 0 Å². The lowest BCUT2D eigenvalue weighted by atomic mass is 10.1. The van der Waals surface area contributed by atoms with Crippen molar-refractivity contribution in [1.82, 2.24) is 5.32 Å². The molecule has 0 bridgehead atoms. The van der Waals surface area contributed by atoms with Crippen LogP contribution in [0.4, 0.5) is 11.4 Å². The first kappa shape index (κ1) is 11.4. The summed E-state index contributed by atoms with van der Waals surface area (Å²) in [5, 5.41) is 13.5. The first-order valence-electron chi connectivity index (χ1n) is 5.34. The normalized spacial score (nSPS) is 21.9. The lowest BCUT2D eigenvalue weighted by Crippen LogP contribution is -2.26. The zero-order valence-electron chi connectivity index (χ0n) is 9.34. The highest BCUT2D eigenvalue weighted by Gasteiger charge is 2.34. The number of nitro benzene ring substituents is 1. The molecular formula is C11H13N3O3. The van der Waals surface area contributed by atoms with Gasteiger partial charge in [-0.3, -0.25) is 14.9 Å². The minimum Gasteiger partial charge on any atom is -0.393 e. The van der Waals surface area contributed by atoms with Gasteiger partial charge in [0.1, 0.15) is 5.69 Å². The third kappa shape index (κ3) is 2.35. The first-order valence-corrected chi connectivity index (χ1v) is 5.34. The number of nitrogens with zero attached hydrogens (tertiary/aromatic N) is 1. The number of benzene rings is 1. The van der Waals surface area contributed by atoms with Crippen molar-refractivity contribution in [3.63, 3.8) is 0 Å². The summed E-state index contributed by atoms with van der Waals surface area (Å²) in [6.45, 7) is 2.04. The molecule has 1 saturated carbocycles. The van der Waals surface area contributed by atoms with Crippen LogP contribution in [0.1, 0.15) is 23.7 Å². The standard InChI is InChI=1S/C11H13N3O3/c1-6-4-9(6)13-11(15)7-2-3-8(12)10(5-7)14(16)17/h2-3,5-6,9H,4,12H2,1H3,(H,13,15). The molecule has 0 spiro atoms. The summed E-state index contributed by atoms with van der Waals surface area (Å²) in [4.78, 5) is 21.8. The lowest BCUT2D eigenvalue weighted by Gasteiger charge is -2.04. The molecule has 0 radical (unpaired) electrons. The smallest absolute Gasteiger partial charge is 0.292 e. The molecule has 0 aromatic heterocycles. The summed E-state index contributed by atoms with van der Waals surface area (Å²) in [5.41, 5.74) is 5.55. The van der Waals surface area contributed by atoms with E-state index in [2.05, 4.69) is 5.32 Å². The van der Waals surface area contributed by atoms with Crippen LogP contribution in [-0.4, -0.2) is 16.9 Å². The van der Waals surface area contributed by atoms with Gasteiger partial charge in [-0.2, -0.15) is 0 Å². The number of rotatable bonds is 3. The second-order valence-corrected chi connectivity index (χ2v) is 4.32. The molecular weight excluding hydrogens is 222 g/mol. The van der Waals surface area contributed by atoms with E-state index in [4.69, 9.17) is 5.73 Å². The van der Waals surface area contributed by atoms with Crippen molar-refractivity contribution in [2.24, 2.45) is 5.92 Å². The monoisotopic (exact) mass is 235 g/mol. The number of hydrogen-bond donors (Lipinski definition) is 2. The van der Waals surface area contributed by atoms with Crippen molar-refractivity contribution in [3.05, 3.63) is 33.9 Å². The Bertz CT molecular complexity index is 487. The second-order valence-electron chi connectivity index (χ2n) is 4.32. The highest BCUT2D eigenvalue weighted by Crippen LogP contribution is 2.29. The van der Waals surface area contributed by atoms with E-state index in [1.54, 1.807) is 0 Å². The molecule has 1 fully saturated rings. The van der Waals surface area contributed by atoms with Crippen LogP contribution in [0, 0.1) is 16.0 Å². The molecule has 2 rings (SSSR count). The molecule has 17 heavy (non-hydrogen) atoms. The fraction of sp³-hybridized carbons (Fsp3) is 0.364. The van der Waals surface area contributed by atoms with Gasteiger partial charge in [-0.15, -0.1) is 0 Å². The van der Waals surface area contributed by atoms with Gasteiger partial charge in [0.2, 0.25) is 0 Å². The number of anilines is 1. The number of nitrogens with one attached hydrogen (secondary N) is 1. The Morgan fingerprint density at radius 3 is 2.76 bits per heavy atom. The summed E-state index contributed by atoms with van der Waals surface area (Å²) in [6, 6.07) is 4.27. The summed E-state index contributed by atoms with van der Waals surface area (Å²) in [7, 11) is 0. The van der Waals surface area contributed by atoms with Gasteiger partial charge in [0.25, 0.3) is 11.6 Å². The first-order chi connectivity index (χ1) is 7.99. The Morgan fingerprint density at radius 2 is 2.24 bits per heavy atom. The maximum Gasteiger partial charge on any atom is 0.292 e. The van der Waals surface area contributed by atoms with Crippen molar-refractivity contribution in [1.29, 1.82) is 0 Å². The molecule has 0 aliphatic heterocycles. The number of carbonyl (C=O) groups excluding carboxylic acids is 1. The van der Waals surface area contributed by atoms with Crippen LogP contribution >= 0.6 is 0 Å². The molecule has 0 saturated heterocycles. The van der Waals surface area contributed by atoms with Gasteiger partial charge in [0.15, 0.2) is 0 Å². The van der Waals surface area contributed by atoms with Gasteiger partial charge >= 0.3 is 0 Å². The van der Waals surface area contributed by atoms with E-state index in [9.17, 15) is 14.9 Å². The molecule has 3 N–H and O–H groups in total. The maximum atomic E-state index is 11.8. The average molecular weight is 235 g/mol. The van der Waals surface area contributed by atoms with Gasteiger partial charge in [0.05, 0.1) is 4.92 Å². The molecule has 6 nitrogen and oxygen atoms in total. The van der Waals surface area contributed by atoms with Crippen molar-refractivity contribution < 1.29 is 9.72 Å². The van der Waals surface area contributed by atoms with Crippen LogP contribution in [0.15, 0.2) is 18.2 Å². The summed E-state index contributed by atoms with van der Waals surface area (Å²) in [6.07, 6.45) is 0.961. The highest BCUT2D eigenvalue weighted by molar-refractivity contribution is 5.96. The van der Waals surface area contributed by atoms with E-state index >= 15 is 0 Å². The predicted molar refractivity (Wildman–Crippen MR) is 62.5 cm³/mol. The number of hydrogen-bond acceptors (Lipinski definition) is 4. The molecule has 1 aliphatic rings. The second kappa shape index (κ2) is 4.04. The molecule has 1 aliphatic carbocycles. The zero-order chi connectivity index (χ0) is 12.6. The molecule has 90 valence electrons. The Labute approximate surface area is 98.0 Å². The molecule has 6 heteroatoms. The summed E-state index contributed by atoms with van der Waals surface area (Å²) < 4.78 is 0. The van der Waals surface area contributed by atoms with Crippen molar-refractivity contribution in [2.75, 3.05) is 5.73 Å². The van der Waals surface area contributed by atoms with Gasteiger partial charge in [-0.1, -0.05) is 6.92 Å². The number of nitrogens with two attached hydrogens (primary N) is 1. The number of carbonyl (C=O) groups is 1. The van der Waals surface area contributed by atoms with Crippen molar-refractivity contribution in [2.45, 2.75) is 19.4 Å². The van der Waals surface area contributed by atoms with Gasteiger partial charge in [-0.05, 0) is 24.5 Å². The van der Waals surface area contributed by atoms with Crippen LogP contribution in [0.5, 0.6) is 0 Å². The van der Waals surface area contributed by atoms with E-state index in [-0.39, 0.29) is 28.9 Å². The largest absolute Gasteiger partial charge is 0.393 e. The average Bonchev–Trinajstić information content (AvgIpc) is 2.94. The van der Waals surface area contributed by atoms with Crippen molar-refractivity contribution in [3.8, 4) is 0 Å². The number of nitrogen functional groups attached to an aromatic ring is 1. The summed E-state index contributed by atoms with van der Waals surface area (Å²) >= 11 is 0. The van der Waals surface area contributed by atoms with E-state index in [1.165, 1.54) is 18.2 Å². The Morgan fingerprint density at radius 1 is 1.59 bits per heavy atom. The third-order valence-electron chi connectivity index (χ3n) is 2.92. The molecule has 1 aromatic rings. The molecule has 0 heterocycles. The van der Waals surface area contributed by atoms with E-state index < -0.39 is 4.92 Å². The van der Waals surface area contributed by atoms with Crippen LogP contribution in [0.2, 0.25) is 0 Å². The Balaban J connectivity index is 2.18. The zero-order valence-corrected chi connectivity index (χ0v) is 9.34.